The SMILES string of the molecule is CCCCCCCCCCCCCCC/C=C/C(O)C(COC1OC(CO)C(O)C(OS(=O)(=O)O)C1O)NC(=O)CCCCCCCCCCCCCCCCCCCCCC. The number of hydrogen-bond acceptors (Lipinski definition) is 10. The lowest BCUT2D eigenvalue weighted by atomic mass is 9.99. The normalized spacial score (nSPS) is 20.5. The quantitative estimate of drug-likeness (QED) is 0.0194. The summed E-state index contributed by atoms with van der Waals surface area (Å²) in [5.41, 5.74) is 0. The van der Waals surface area contributed by atoms with E-state index in [-0.39, 0.29) is 18.9 Å². The van der Waals surface area contributed by atoms with E-state index >= 15 is 0 Å². The molecule has 13 heteroatoms. The summed E-state index contributed by atoms with van der Waals surface area (Å²) in [4.78, 5) is 13.1. The third-order valence-corrected chi connectivity index (χ3v) is 12.8. The number of hydrogen-bond donors (Lipinski definition) is 6. The molecule has 12 nitrogen and oxygen atoms in total. The van der Waals surface area contributed by atoms with Gasteiger partial charge in [-0.1, -0.05) is 225 Å². The number of nitrogens with one attached hydrogen (secondary N) is 1. The lowest BCUT2D eigenvalue weighted by Gasteiger charge is -2.41. The number of carbonyl (C=O) groups is 1. The number of allylic oxidation sites excluding steroid dienone is 1. The molecule has 368 valence electrons. The lowest BCUT2D eigenvalue weighted by Crippen LogP contribution is -2.61. The molecule has 0 bridgehead atoms. The van der Waals surface area contributed by atoms with Crippen molar-refractivity contribution in [3.8, 4) is 0 Å². The van der Waals surface area contributed by atoms with Crippen LogP contribution in [0.3, 0.4) is 0 Å². The van der Waals surface area contributed by atoms with Crippen molar-refractivity contribution in [1.29, 1.82) is 0 Å². The van der Waals surface area contributed by atoms with Gasteiger partial charge >= 0.3 is 10.4 Å². The van der Waals surface area contributed by atoms with Gasteiger partial charge in [-0.2, -0.15) is 8.42 Å². The Labute approximate surface area is 379 Å². The zero-order valence-electron chi connectivity index (χ0n) is 39.5. The maximum absolute atomic E-state index is 13.1. The fourth-order valence-corrected chi connectivity index (χ4v) is 8.85. The van der Waals surface area contributed by atoms with Crippen molar-refractivity contribution in [3.63, 3.8) is 0 Å². The van der Waals surface area contributed by atoms with Gasteiger partial charge in [-0.3, -0.25) is 9.35 Å². The van der Waals surface area contributed by atoms with Crippen molar-refractivity contribution >= 4 is 16.3 Å². The zero-order chi connectivity index (χ0) is 45.5. The molecule has 0 saturated carbocycles. The third-order valence-electron chi connectivity index (χ3n) is 12.3. The van der Waals surface area contributed by atoms with Gasteiger partial charge in [0.25, 0.3) is 0 Å². The van der Waals surface area contributed by atoms with Crippen molar-refractivity contribution < 1.29 is 51.8 Å². The van der Waals surface area contributed by atoms with Crippen LogP contribution in [0.5, 0.6) is 0 Å². The van der Waals surface area contributed by atoms with Crippen LogP contribution in [0, 0.1) is 0 Å². The van der Waals surface area contributed by atoms with Crippen molar-refractivity contribution in [2.75, 3.05) is 13.2 Å². The first kappa shape index (κ1) is 58.9. The largest absolute Gasteiger partial charge is 0.397 e. The van der Waals surface area contributed by atoms with E-state index in [0.717, 1.165) is 38.5 Å². The monoisotopic (exact) mass is 906 g/mol. The summed E-state index contributed by atoms with van der Waals surface area (Å²) in [6, 6.07) is -0.938. The van der Waals surface area contributed by atoms with Gasteiger partial charge < -0.3 is 35.2 Å². The molecule has 0 spiro atoms. The molecule has 0 aliphatic carbocycles. The Morgan fingerprint density at radius 1 is 0.629 bits per heavy atom. The van der Waals surface area contributed by atoms with Crippen LogP contribution in [0.2, 0.25) is 0 Å². The Bertz CT molecular complexity index is 1160. The summed E-state index contributed by atoms with van der Waals surface area (Å²) in [6.07, 6.45) is 36.8. The number of ether oxygens (including phenoxy) is 2. The van der Waals surface area contributed by atoms with Gasteiger partial charge in [0, 0.05) is 6.42 Å². The highest BCUT2D eigenvalue weighted by Gasteiger charge is 2.48. The smallest absolute Gasteiger partial charge is 0.394 e. The Morgan fingerprint density at radius 2 is 1.02 bits per heavy atom. The lowest BCUT2D eigenvalue weighted by molar-refractivity contribution is -0.298. The Morgan fingerprint density at radius 3 is 1.40 bits per heavy atom. The first-order chi connectivity index (χ1) is 30.0. The van der Waals surface area contributed by atoms with E-state index in [0.29, 0.717) is 6.42 Å². The first-order valence-electron chi connectivity index (χ1n) is 25.6. The minimum atomic E-state index is -5.08. The van der Waals surface area contributed by atoms with Crippen LogP contribution in [0.1, 0.15) is 239 Å². The van der Waals surface area contributed by atoms with Crippen LogP contribution in [0.15, 0.2) is 12.2 Å². The summed E-state index contributed by atoms with van der Waals surface area (Å²) in [6.45, 7) is 3.41. The summed E-state index contributed by atoms with van der Waals surface area (Å²) in [5.74, 6) is -0.258. The molecule has 7 unspecified atom stereocenters. The van der Waals surface area contributed by atoms with Crippen molar-refractivity contribution in [3.05, 3.63) is 12.2 Å². The standard InChI is InChI=1S/C49H95NO11S/c1-3-5-7-9-11-13-15-17-19-20-21-22-23-25-27-29-31-33-35-37-39-45(53)50-42(41-59-49-47(55)48(61-62(56,57)58)46(54)44(40-51)60-49)43(52)38-36-34-32-30-28-26-24-18-16-14-12-10-8-6-4-2/h36,38,42-44,46-49,51-52,54-55H,3-35,37,39-41H2,1-2H3,(H,50,53)(H,56,57,58)/b38-36+. The van der Waals surface area contributed by atoms with Crippen LogP contribution in [-0.2, 0) is 28.9 Å². The van der Waals surface area contributed by atoms with E-state index in [9.17, 15) is 38.2 Å². The maximum atomic E-state index is 13.1. The summed E-state index contributed by atoms with van der Waals surface area (Å²) in [7, 11) is -5.08. The van der Waals surface area contributed by atoms with Gasteiger partial charge in [0.15, 0.2) is 6.29 Å². The third kappa shape index (κ3) is 32.5. The molecule has 1 aliphatic rings. The number of aliphatic hydroxyl groups excluding tert-OH is 4. The topological polar surface area (TPSA) is 192 Å². The van der Waals surface area contributed by atoms with Gasteiger partial charge in [-0.15, -0.1) is 0 Å². The van der Waals surface area contributed by atoms with E-state index in [1.165, 1.54) is 173 Å². The average Bonchev–Trinajstić information content (AvgIpc) is 3.24. The minimum absolute atomic E-state index is 0.258. The van der Waals surface area contributed by atoms with E-state index < -0.39 is 59.9 Å². The first-order valence-corrected chi connectivity index (χ1v) is 26.9. The van der Waals surface area contributed by atoms with Crippen LogP contribution < -0.4 is 5.32 Å². The highest BCUT2D eigenvalue weighted by atomic mass is 32.3. The molecule has 7 atom stereocenters. The van der Waals surface area contributed by atoms with Gasteiger partial charge in [-0.05, 0) is 19.3 Å². The number of rotatable bonds is 44. The predicted octanol–water partition coefficient (Wildman–Crippen LogP) is 10.7. The highest BCUT2D eigenvalue weighted by molar-refractivity contribution is 7.80. The van der Waals surface area contributed by atoms with Crippen LogP contribution in [0.25, 0.3) is 0 Å². The minimum Gasteiger partial charge on any atom is -0.394 e. The Hall–Kier alpha value is -1.16. The summed E-state index contributed by atoms with van der Waals surface area (Å²) in [5, 5.41) is 44.8. The second kappa shape index (κ2) is 40.1. The molecule has 1 aliphatic heterocycles. The summed E-state index contributed by atoms with van der Waals surface area (Å²) >= 11 is 0. The molecule has 1 heterocycles. The van der Waals surface area contributed by atoms with Gasteiger partial charge in [-0.25, -0.2) is 4.18 Å². The van der Waals surface area contributed by atoms with E-state index in [1.54, 1.807) is 6.08 Å². The van der Waals surface area contributed by atoms with Crippen LogP contribution in [-0.4, -0.2) is 95.4 Å². The second-order valence-electron chi connectivity index (χ2n) is 18.1. The fourth-order valence-electron chi connectivity index (χ4n) is 8.34. The predicted molar refractivity (Wildman–Crippen MR) is 250 cm³/mol. The zero-order valence-corrected chi connectivity index (χ0v) is 40.3. The Kier molecular flexibility index (Phi) is 38.1. The number of unbranched alkanes of at least 4 members (excludes halogenated alkanes) is 32. The molecule has 62 heavy (non-hydrogen) atoms. The summed E-state index contributed by atoms with van der Waals surface area (Å²) < 4.78 is 47.7. The van der Waals surface area contributed by atoms with E-state index in [4.69, 9.17) is 9.47 Å². The van der Waals surface area contributed by atoms with Gasteiger partial charge in [0.05, 0.1) is 25.4 Å². The molecule has 1 amide bonds. The fraction of sp³-hybridized carbons (Fsp3) is 0.939. The number of carbonyl (C=O) groups excluding carboxylic acids is 1. The average molecular weight is 906 g/mol. The molecule has 0 radical (unpaired) electrons. The Balaban J connectivity index is 2.44. The molecule has 1 rings (SSSR count). The molecule has 1 saturated heterocycles. The molecule has 6 N–H and O–H groups in total. The van der Waals surface area contributed by atoms with E-state index in [2.05, 4.69) is 23.3 Å². The molecule has 0 aromatic heterocycles. The number of aliphatic hydroxyl groups is 4. The van der Waals surface area contributed by atoms with Crippen molar-refractivity contribution in [2.45, 2.75) is 281 Å². The second-order valence-corrected chi connectivity index (χ2v) is 19.2. The van der Waals surface area contributed by atoms with Crippen molar-refractivity contribution in [1.82, 2.24) is 5.32 Å². The highest BCUT2D eigenvalue weighted by Crippen LogP contribution is 2.26. The molecular formula is C49H95NO11S. The van der Waals surface area contributed by atoms with Crippen LogP contribution in [0.4, 0.5) is 0 Å². The van der Waals surface area contributed by atoms with E-state index in [1.807, 2.05) is 6.08 Å². The number of amides is 1. The van der Waals surface area contributed by atoms with Crippen LogP contribution >= 0.6 is 0 Å². The molecule has 1 fully saturated rings. The van der Waals surface area contributed by atoms with Crippen molar-refractivity contribution in [2.24, 2.45) is 0 Å². The molecular weight excluding hydrogens is 811 g/mol. The van der Waals surface area contributed by atoms with Gasteiger partial charge in [0.2, 0.25) is 5.91 Å². The molecule has 0 aromatic carbocycles. The maximum Gasteiger partial charge on any atom is 0.397 e. The van der Waals surface area contributed by atoms with Gasteiger partial charge in [0.1, 0.15) is 24.4 Å². The molecule has 0 aromatic rings.